The van der Waals surface area contributed by atoms with Crippen LogP contribution in [0.1, 0.15) is 72.0 Å². The van der Waals surface area contributed by atoms with E-state index in [0.29, 0.717) is 30.9 Å². The normalized spacial score (nSPS) is 15.2. The minimum atomic E-state index is -0.379. The van der Waals surface area contributed by atoms with Crippen molar-refractivity contribution >= 4 is 18.5 Å². The van der Waals surface area contributed by atoms with E-state index in [9.17, 15) is 14.4 Å². The van der Waals surface area contributed by atoms with Gasteiger partial charge in [-0.1, -0.05) is 43.3 Å². The predicted molar refractivity (Wildman–Crippen MR) is 151 cm³/mol. The quantitative estimate of drug-likeness (QED) is 0.248. The third kappa shape index (κ3) is 8.23. The molecule has 0 spiro atoms. The highest BCUT2D eigenvalue weighted by Gasteiger charge is 2.24. The number of rotatable bonds is 17. The monoisotopic (exact) mass is 521 g/mol. The van der Waals surface area contributed by atoms with Crippen LogP contribution in [0.4, 0.5) is 0 Å². The van der Waals surface area contributed by atoms with Crippen molar-refractivity contribution in [2.45, 2.75) is 64.0 Å². The molecule has 1 N–H and O–H groups in total. The van der Waals surface area contributed by atoms with Crippen LogP contribution in [0.5, 0.6) is 5.75 Å². The number of likely N-dealkylation sites (N-methyl/N-ethyl adjacent to an activating group) is 1. The lowest BCUT2D eigenvalue weighted by Gasteiger charge is -2.25. The van der Waals surface area contributed by atoms with Gasteiger partial charge in [-0.2, -0.15) is 0 Å². The second-order valence-electron chi connectivity index (χ2n) is 10.2. The number of benzene rings is 2. The second kappa shape index (κ2) is 15.4. The first kappa shape index (κ1) is 29.5. The van der Waals surface area contributed by atoms with E-state index < -0.39 is 0 Å². The molecule has 38 heavy (non-hydrogen) atoms. The van der Waals surface area contributed by atoms with Crippen molar-refractivity contribution in [2.24, 2.45) is 0 Å². The number of carbonyl (C=O) groups excluding carboxylic acids is 3. The maximum atomic E-state index is 11.8. The second-order valence-corrected chi connectivity index (χ2v) is 10.2. The van der Waals surface area contributed by atoms with Crippen molar-refractivity contribution in [1.82, 2.24) is 15.1 Å². The van der Waals surface area contributed by atoms with Gasteiger partial charge < -0.3 is 19.7 Å². The zero-order chi connectivity index (χ0) is 27.3. The van der Waals surface area contributed by atoms with E-state index in [4.69, 9.17) is 4.74 Å². The third-order valence-corrected chi connectivity index (χ3v) is 7.72. The van der Waals surface area contributed by atoms with E-state index in [1.807, 2.05) is 30.1 Å². The molecule has 1 aliphatic rings. The molecule has 0 aliphatic carbocycles. The molecule has 0 saturated heterocycles. The number of unbranched alkanes of at least 4 members (excludes halogenated alkanes) is 1. The summed E-state index contributed by atoms with van der Waals surface area (Å²) in [7, 11) is 3.47. The van der Waals surface area contributed by atoms with Crippen molar-refractivity contribution in [3.8, 4) is 5.75 Å². The Balaban J connectivity index is 1.51. The van der Waals surface area contributed by atoms with Crippen LogP contribution in [0.3, 0.4) is 0 Å². The lowest BCUT2D eigenvalue weighted by atomic mass is 9.96. The van der Waals surface area contributed by atoms with Crippen LogP contribution in [-0.4, -0.2) is 74.7 Å². The van der Waals surface area contributed by atoms with E-state index in [-0.39, 0.29) is 11.9 Å². The molecule has 7 nitrogen and oxygen atoms in total. The molecule has 0 radical (unpaired) electrons. The first-order valence-electron chi connectivity index (χ1n) is 13.9. The molecule has 2 atom stereocenters. The summed E-state index contributed by atoms with van der Waals surface area (Å²) in [4.78, 5) is 39.6. The number of ether oxygens (including phenoxy) is 1. The number of nitrogens with one attached hydrogen (secondary N) is 1. The average molecular weight is 522 g/mol. The van der Waals surface area contributed by atoms with Gasteiger partial charge in [-0.25, -0.2) is 0 Å². The van der Waals surface area contributed by atoms with Crippen LogP contribution in [0, 0.1) is 0 Å². The third-order valence-electron chi connectivity index (χ3n) is 7.72. The summed E-state index contributed by atoms with van der Waals surface area (Å²) in [6, 6.07) is 13.8. The van der Waals surface area contributed by atoms with Gasteiger partial charge in [0.1, 0.15) is 18.3 Å². The molecule has 1 unspecified atom stereocenters. The summed E-state index contributed by atoms with van der Waals surface area (Å²) < 4.78 is 5.85. The van der Waals surface area contributed by atoms with Gasteiger partial charge in [0.25, 0.3) is 0 Å². The zero-order valence-electron chi connectivity index (χ0n) is 23.2. The molecule has 2 aromatic rings. The maximum Gasteiger partial charge on any atom is 0.219 e. The van der Waals surface area contributed by atoms with Crippen molar-refractivity contribution in [2.75, 3.05) is 40.3 Å². The van der Waals surface area contributed by atoms with Crippen LogP contribution >= 0.6 is 0 Å². The Morgan fingerprint density at radius 3 is 2.68 bits per heavy atom. The van der Waals surface area contributed by atoms with Gasteiger partial charge in [-0.05, 0) is 76.0 Å². The van der Waals surface area contributed by atoms with Gasteiger partial charge in [0.15, 0.2) is 0 Å². The number of carbonyl (C=O) groups is 3. The molecule has 0 saturated carbocycles. The number of aldehydes is 2. The van der Waals surface area contributed by atoms with Gasteiger partial charge in [0, 0.05) is 37.1 Å². The average Bonchev–Trinajstić information content (AvgIpc) is 3.36. The minimum absolute atomic E-state index is 0.0817. The topological polar surface area (TPSA) is 79.0 Å². The van der Waals surface area contributed by atoms with Gasteiger partial charge in [-0.3, -0.25) is 14.5 Å². The molecule has 1 heterocycles. The fraction of sp³-hybridized carbons (Fsp3) is 0.516. The molecule has 0 bridgehead atoms. The number of hydrogen-bond acceptors (Lipinski definition) is 6. The fourth-order valence-electron chi connectivity index (χ4n) is 5.24. The first-order valence-corrected chi connectivity index (χ1v) is 13.9. The van der Waals surface area contributed by atoms with E-state index >= 15 is 0 Å². The molecule has 3 rings (SSSR count). The van der Waals surface area contributed by atoms with Crippen molar-refractivity contribution in [3.63, 3.8) is 0 Å². The van der Waals surface area contributed by atoms with Gasteiger partial charge in [-0.15, -0.1) is 0 Å². The summed E-state index contributed by atoms with van der Waals surface area (Å²) in [5.74, 6) is 1.42. The molecule has 7 heteroatoms. The van der Waals surface area contributed by atoms with E-state index in [0.717, 1.165) is 81.4 Å². The molecular formula is C31H43N3O4. The highest BCUT2D eigenvalue weighted by molar-refractivity contribution is 5.78. The van der Waals surface area contributed by atoms with E-state index in [1.165, 1.54) is 5.56 Å². The molecule has 2 aromatic carbocycles. The van der Waals surface area contributed by atoms with E-state index in [2.05, 4.69) is 41.4 Å². The number of aryl methyl sites for hydroxylation is 1. The minimum Gasteiger partial charge on any atom is -0.493 e. The van der Waals surface area contributed by atoms with Crippen LogP contribution < -0.4 is 10.1 Å². The Labute approximate surface area is 227 Å². The summed E-state index contributed by atoms with van der Waals surface area (Å²) >= 11 is 0. The molecular weight excluding hydrogens is 478 g/mol. The Hall–Kier alpha value is -3.03. The number of nitrogens with zero attached hydrogens (tertiary/aromatic N) is 2. The smallest absolute Gasteiger partial charge is 0.219 e. The van der Waals surface area contributed by atoms with Crippen molar-refractivity contribution in [1.29, 1.82) is 0 Å². The summed E-state index contributed by atoms with van der Waals surface area (Å²) in [5, 5.41) is 2.60. The number of amides is 1. The first-order chi connectivity index (χ1) is 18.5. The number of fused-ring (bicyclic) bond motifs is 1. The molecule has 206 valence electrons. The number of para-hydroxylation sites is 1. The summed E-state index contributed by atoms with van der Waals surface area (Å²) in [6.07, 6.45) is 6.62. The number of hydrogen-bond donors (Lipinski definition) is 1. The Bertz CT molecular complexity index is 1060. The van der Waals surface area contributed by atoms with Crippen LogP contribution in [0.2, 0.25) is 0 Å². The Morgan fingerprint density at radius 2 is 1.95 bits per heavy atom. The zero-order valence-corrected chi connectivity index (χ0v) is 23.2. The predicted octanol–water partition coefficient (Wildman–Crippen LogP) is 4.24. The Morgan fingerprint density at radius 1 is 1.13 bits per heavy atom. The van der Waals surface area contributed by atoms with Crippen molar-refractivity contribution in [3.05, 3.63) is 64.7 Å². The standard InChI is InChI=1S/C31H43N3O4/c1-4-34(19-17-26-23-38-30-14-6-5-13-28(26)30)18-8-7-10-24-11-9-12-25(21-35)29(24)20-33(3)27(22-36)15-16-31(37)32-2/h5-6,9,11-14,21-22,26-27H,4,7-8,10,15-20,23H2,1-3H3,(H,32,37)/t26-,27?/m1/s1. The summed E-state index contributed by atoms with van der Waals surface area (Å²) in [6.45, 7) is 6.61. The van der Waals surface area contributed by atoms with Crippen LogP contribution in [0.15, 0.2) is 42.5 Å². The van der Waals surface area contributed by atoms with Crippen molar-refractivity contribution < 1.29 is 19.1 Å². The van der Waals surface area contributed by atoms with Crippen LogP contribution in [0.25, 0.3) is 0 Å². The molecule has 1 aliphatic heterocycles. The SMILES string of the molecule is CCN(CCCCc1cccc(C=O)c1CN(C)C(C=O)CCC(=O)NC)CC[C@@H]1COc2ccccc21. The molecule has 0 fully saturated rings. The van der Waals surface area contributed by atoms with Crippen LogP contribution in [-0.2, 0) is 22.6 Å². The van der Waals surface area contributed by atoms with Gasteiger partial charge in [0.05, 0.1) is 12.6 Å². The maximum absolute atomic E-state index is 11.8. The molecule has 1 amide bonds. The van der Waals surface area contributed by atoms with Gasteiger partial charge >= 0.3 is 0 Å². The molecule has 0 aromatic heterocycles. The highest BCUT2D eigenvalue weighted by atomic mass is 16.5. The fourth-order valence-corrected chi connectivity index (χ4v) is 5.24. The lowest BCUT2D eigenvalue weighted by molar-refractivity contribution is -0.121. The van der Waals surface area contributed by atoms with E-state index in [1.54, 1.807) is 7.05 Å². The largest absolute Gasteiger partial charge is 0.493 e. The highest BCUT2D eigenvalue weighted by Crippen LogP contribution is 2.35. The van der Waals surface area contributed by atoms with Gasteiger partial charge in [0.2, 0.25) is 5.91 Å². The lowest BCUT2D eigenvalue weighted by Crippen LogP contribution is -2.34. The summed E-state index contributed by atoms with van der Waals surface area (Å²) in [5.41, 5.74) is 4.13. The Kier molecular flexibility index (Phi) is 12.0.